The van der Waals surface area contributed by atoms with Crippen LogP contribution in [0, 0.1) is 5.92 Å². The molecule has 3 aromatic rings. The van der Waals surface area contributed by atoms with Crippen LogP contribution in [-0.2, 0) is 19.7 Å². The van der Waals surface area contributed by atoms with Crippen LogP contribution in [0.25, 0.3) is 0 Å². The van der Waals surface area contributed by atoms with Gasteiger partial charge in [-0.05, 0) is 43.9 Å². The van der Waals surface area contributed by atoms with Gasteiger partial charge < -0.3 is 9.47 Å². The van der Waals surface area contributed by atoms with Gasteiger partial charge in [0.05, 0.1) is 18.6 Å². The maximum Gasteiger partial charge on any atom is 0.415 e. The summed E-state index contributed by atoms with van der Waals surface area (Å²) in [5.74, 6) is -0.376. The van der Waals surface area contributed by atoms with Crippen molar-refractivity contribution in [1.29, 1.82) is 0 Å². The molecule has 0 unspecified atom stereocenters. The van der Waals surface area contributed by atoms with Crippen LogP contribution < -0.4 is 0 Å². The van der Waals surface area contributed by atoms with Crippen molar-refractivity contribution < 1.29 is 19.1 Å². The molecule has 1 fully saturated rings. The van der Waals surface area contributed by atoms with Crippen molar-refractivity contribution in [2.75, 3.05) is 7.11 Å². The molecule has 1 amide bonds. The zero-order chi connectivity index (χ0) is 25.8. The number of methoxy groups -OCH3 is 1. The van der Waals surface area contributed by atoms with E-state index in [2.05, 4.69) is 0 Å². The standard InChI is InChI=1S/C31H33NO4/c1-30(2,3)36-29(34)32(27(23-14-8-5-9-15-23)24-16-10-6-11-17-24)21-20-26-22-31(26,28(33)35-4)25-18-12-7-13-19-25/h5-21,26-27H,22H2,1-4H3/b21-20+/t26-,31+/m0/s1. The minimum Gasteiger partial charge on any atom is -0.468 e. The number of benzene rings is 3. The lowest BCUT2D eigenvalue weighted by Gasteiger charge is -2.32. The Balaban J connectivity index is 1.74. The van der Waals surface area contributed by atoms with Gasteiger partial charge in [-0.2, -0.15) is 0 Å². The molecule has 1 saturated carbocycles. The lowest BCUT2D eigenvalue weighted by molar-refractivity contribution is -0.144. The van der Waals surface area contributed by atoms with Crippen molar-refractivity contribution in [3.8, 4) is 0 Å². The van der Waals surface area contributed by atoms with Crippen molar-refractivity contribution in [3.63, 3.8) is 0 Å². The predicted octanol–water partition coefficient (Wildman–Crippen LogP) is 6.66. The Labute approximate surface area is 213 Å². The van der Waals surface area contributed by atoms with Crippen molar-refractivity contribution in [2.45, 2.75) is 44.2 Å². The average Bonchev–Trinajstić information content (AvgIpc) is 3.62. The quantitative estimate of drug-likeness (QED) is 0.353. The molecule has 2 atom stereocenters. The van der Waals surface area contributed by atoms with E-state index in [1.165, 1.54) is 7.11 Å². The first-order valence-corrected chi connectivity index (χ1v) is 12.2. The molecule has 0 radical (unpaired) electrons. The van der Waals surface area contributed by atoms with Gasteiger partial charge in [0.15, 0.2) is 0 Å². The lowest BCUT2D eigenvalue weighted by Crippen LogP contribution is -2.36. The first kappa shape index (κ1) is 25.2. The Morgan fingerprint density at radius 3 is 1.86 bits per heavy atom. The molecular weight excluding hydrogens is 450 g/mol. The maximum atomic E-state index is 13.6. The van der Waals surface area contributed by atoms with Crippen LogP contribution in [0.15, 0.2) is 103 Å². The summed E-state index contributed by atoms with van der Waals surface area (Å²) in [4.78, 5) is 28.1. The molecule has 1 aliphatic rings. The number of hydrogen-bond donors (Lipinski definition) is 0. The number of allylic oxidation sites excluding steroid dienone is 1. The van der Waals surface area contributed by atoms with Crippen LogP contribution in [0.3, 0.4) is 0 Å². The Morgan fingerprint density at radius 1 is 0.889 bits per heavy atom. The van der Waals surface area contributed by atoms with E-state index < -0.39 is 23.2 Å². The van der Waals surface area contributed by atoms with Gasteiger partial charge in [0.2, 0.25) is 0 Å². The van der Waals surface area contributed by atoms with Crippen molar-refractivity contribution >= 4 is 12.1 Å². The number of hydrogen-bond acceptors (Lipinski definition) is 4. The Kier molecular flexibility index (Phi) is 7.30. The molecule has 36 heavy (non-hydrogen) atoms. The second-order valence-corrected chi connectivity index (χ2v) is 10.1. The van der Waals surface area contributed by atoms with Crippen LogP contribution in [0.5, 0.6) is 0 Å². The smallest absolute Gasteiger partial charge is 0.415 e. The Morgan fingerprint density at radius 2 is 1.39 bits per heavy atom. The number of esters is 1. The average molecular weight is 484 g/mol. The summed E-state index contributed by atoms with van der Waals surface area (Å²) < 4.78 is 11.0. The molecule has 0 aliphatic heterocycles. The number of rotatable bonds is 7. The van der Waals surface area contributed by atoms with E-state index in [1.807, 2.05) is 118 Å². The topological polar surface area (TPSA) is 55.8 Å². The number of carbonyl (C=O) groups excluding carboxylic acids is 2. The van der Waals surface area contributed by atoms with Crippen LogP contribution >= 0.6 is 0 Å². The summed E-state index contributed by atoms with van der Waals surface area (Å²) in [5, 5.41) is 0. The number of carbonyl (C=O) groups is 2. The van der Waals surface area contributed by atoms with E-state index in [9.17, 15) is 9.59 Å². The van der Waals surface area contributed by atoms with E-state index in [1.54, 1.807) is 11.1 Å². The van der Waals surface area contributed by atoms with E-state index >= 15 is 0 Å². The van der Waals surface area contributed by atoms with E-state index in [0.29, 0.717) is 6.42 Å². The molecule has 1 aliphatic carbocycles. The largest absolute Gasteiger partial charge is 0.468 e. The summed E-state index contributed by atoms with van der Waals surface area (Å²) in [6, 6.07) is 29.0. The zero-order valence-electron chi connectivity index (χ0n) is 21.3. The van der Waals surface area contributed by atoms with Gasteiger partial charge in [0.1, 0.15) is 5.60 Å². The second kappa shape index (κ2) is 10.4. The van der Waals surface area contributed by atoms with Gasteiger partial charge in [-0.1, -0.05) is 97.1 Å². The molecule has 186 valence electrons. The SMILES string of the molecule is COC(=O)[C@@]1(c2ccccc2)C[C@@H]1/C=C/N(C(=O)OC(C)(C)C)C(c1ccccc1)c1ccccc1. The summed E-state index contributed by atoms with van der Waals surface area (Å²) in [7, 11) is 1.42. The molecule has 5 heteroatoms. The highest BCUT2D eigenvalue weighted by Crippen LogP contribution is 2.56. The maximum absolute atomic E-state index is 13.6. The Hall–Kier alpha value is -3.86. The van der Waals surface area contributed by atoms with Gasteiger partial charge >= 0.3 is 12.1 Å². The van der Waals surface area contributed by atoms with Crippen LogP contribution in [0.1, 0.15) is 49.9 Å². The first-order valence-electron chi connectivity index (χ1n) is 12.2. The highest BCUT2D eigenvalue weighted by atomic mass is 16.6. The molecule has 0 heterocycles. The number of amides is 1. The third-order valence-corrected chi connectivity index (χ3v) is 6.45. The molecule has 0 spiro atoms. The van der Waals surface area contributed by atoms with Gasteiger partial charge in [0.25, 0.3) is 0 Å². The summed E-state index contributed by atoms with van der Waals surface area (Å²) in [6.45, 7) is 5.56. The summed E-state index contributed by atoms with van der Waals surface area (Å²) >= 11 is 0. The van der Waals surface area contributed by atoms with Crippen LogP contribution in [0.2, 0.25) is 0 Å². The normalized spacial score (nSPS) is 19.2. The zero-order valence-corrected chi connectivity index (χ0v) is 21.3. The Bertz CT molecular complexity index is 1160. The fourth-order valence-electron chi connectivity index (χ4n) is 4.67. The second-order valence-electron chi connectivity index (χ2n) is 10.1. The van der Waals surface area contributed by atoms with Crippen LogP contribution in [0.4, 0.5) is 4.79 Å². The fraction of sp³-hybridized carbons (Fsp3) is 0.290. The van der Waals surface area contributed by atoms with E-state index in [4.69, 9.17) is 9.47 Å². The third-order valence-electron chi connectivity index (χ3n) is 6.45. The molecule has 0 N–H and O–H groups in total. The minimum atomic E-state index is -0.749. The molecule has 0 saturated heterocycles. The first-order chi connectivity index (χ1) is 17.3. The van der Waals surface area contributed by atoms with Crippen molar-refractivity contribution in [1.82, 2.24) is 4.90 Å². The molecule has 4 rings (SSSR count). The molecule has 0 bridgehead atoms. The predicted molar refractivity (Wildman–Crippen MR) is 140 cm³/mol. The fourth-order valence-corrected chi connectivity index (χ4v) is 4.67. The molecular formula is C31H33NO4. The van der Waals surface area contributed by atoms with Crippen molar-refractivity contribution in [3.05, 3.63) is 120 Å². The highest BCUT2D eigenvalue weighted by molar-refractivity contribution is 5.88. The van der Waals surface area contributed by atoms with E-state index in [0.717, 1.165) is 16.7 Å². The third kappa shape index (κ3) is 5.35. The molecule has 3 aromatic carbocycles. The van der Waals surface area contributed by atoms with Crippen molar-refractivity contribution in [2.24, 2.45) is 5.92 Å². The van der Waals surface area contributed by atoms with Gasteiger partial charge in [-0.3, -0.25) is 9.69 Å². The van der Waals surface area contributed by atoms with E-state index in [-0.39, 0.29) is 11.9 Å². The summed E-state index contributed by atoms with van der Waals surface area (Å²) in [6.07, 6.45) is 3.87. The van der Waals surface area contributed by atoms with Gasteiger partial charge in [0, 0.05) is 12.1 Å². The number of ether oxygens (including phenoxy) is 2. The molecule has 5 nitrogen and oxygen atoms in total. The monoisotopic (exact) mass is 483 g/mol. The number of nitrogens with zero attached hydrogens (tertiary/aromatic N) is 1. The van der Waals surface area contributed by atoms with Gasteiger partial charge in [-0.25, -0.2) is 4.79 Å². The summed E-state index contributed by atoms with van der Waals surface area (Å²) in [5.41, 5.74) is 1.41. The van der Waals surface area contributed by atoms with Crippen LogP contribution in [-0.4, -0.2) is 29.7 Å². The minimum absolute atomic E-state index is 0.107. The highest BCUT2D eigenvalue weighted by Gasteiger charge is 2.61. The molecule has 0 aromatic heterocycles. The lowest BCUT2D eigenvalue weighted by atomic mass is 9.93. The van der Waals surface area contributed by atoms with Gasteiger partial charge in [-0.15, -0.1) is 0 Å².